The zero-order valence-electron chi connectivity index (χ0n) is 16.5. The second-order valence-electron chi connectivity index (χ2n) is 7.20. The van der Waals surface area contributed by atoms with Crippen molar-refractivity contribution in [1.29, 1.82) is 0 Å². The van der Waals surface area contributed by atoms with Gasteiger partial charge in [-0.15, -0.1) is 0 Å². The predicted molar refractivity (Wildman–Crippen MR) is 111 cm³/mol. The Morgan fingerprint density at radius 2 is 1.57 bits per heavy atom. The number of likely N-dealkylation sites (N-methyl/N-ethyl adjacent to an activating group) is 1. The lowest BCUT2D eigenvalue weighted by Gasteiger charge is -2.32. The first-order valence-corrected chi connectivity index (χ1v) is 9.43. The Labute approximate surface area is 165 Å². The Bertz CT molecular complexity index is 995. The van der Waals surface area contributed by atoms with Crippen LogP contribution in [-0.2, 0) is 16.9 Å². The Kier molecular flexibility index (Phi) is 5.73. The summed E-state index contributed by atoms with van der Waals surface area (Å²) in [5.41, 5.74) is 1.20. The van der Waals surface area contributed by atoms with Crippen molar-refractivity contribution >= 4 is 5.91 Å². The highest BCUT2D eigenvalue weighted by Crippen LogP contribution is 2.20. The van der Waals surface area contributed by atoms with Gasteiger partial charge in [0, 0.05) is 24.7 Å². The van der Waals surface area contributed by atoms with E-state index in [4.69, 9.17) is 0 Å². The molecule has 0 aliphatic rings. The Morgan fingerprint density at radius 3 is 2.18 bits per heavy atom. The maximum absolute atomic E-state index is 13.3. The van der Waals surface area contributed by atoms with Crippen LogP contribution in [0.15, 0.2) is 77.6 Å². The molecule has 0 bridgehead atoms. The van der Waals surface area contributed by atoms with Gasteiger partial charge in [0.1, 0.15) is 5.54 Å². The van der Waals surface area contributed by atoms with Crippen molar-refractivity contribution in [3.63, 3.8) is 0 Å². The van der Waals surface area contributed by atoms with Crippen LogP contribution in [0.3, 0.4) is 0 Å². The fourth-order valence-electron chi connectivity index (χ4n) is 3.18. The van der Waals surface area contributed by atoms with E-state index in [0.717, 1.165) is 11.1 Å². The number of hydrogen-bond donors (Lipinski definition) is 0. The molecule has 1 heterocycles. The SMILES string of the molecule is CCN(Cc1ccccc1)C(=O)C(C)(C)n1nc(-c2ccccc2)ccc1=O. The highest BCUT2D eigenvalue weighted by molar-refractivity contribution is 5.83. The van der Waals surface area contributed by atoms with Gasteiger partial charge in [0.15, 0.2) is 0 Å². The molecule has 1 aromatic heterocycles. The summed E-state index contributed by atoms with van der Waals surface area (Å²) in [5.74, 6) is -0.140. The first-order chi connectivity index (χ1) is 13.4. The zero-order chi connectivity index (χ0) is 20.1. The van der Waals surface area contributed by atoms with E-state index in [-0.39, 0.29) is 11.5 Å². The summed E-state index contributed by atoms with van der Waals surface area (Å²) in [6, 6.07) is 22.6. The van der Waals surface area contributed by atoms with Crippen LogP contribution in [-0.4, -0.2) is 27.1 Å². The van der Waals surface area contributed by atoms with E-state index in [0.29, 0.717) is 18.8 Å². The summed E-state index contributed by atoms with van der Waals surface area (Å²) in [4.78, 5) is 27.6. The van der Waals surface area contributed by atoms with Crippen molar-refractivity contribution in [3.05, 3.63) is 88.7 Å². The summed E-state index contributed by atoms with van der Waals surface area (Å²) >= 11 is 0. The summed E-state index contributed by atoms with van der Waals surface area (Å²) < 4.78 is 1.30. The molecule has 5 heteroatoms. The fourth-order valence-corrected chi connectivity index (χ4v) is 3.18. The molecule has 0 fully saturated rings. The van der Waals surface area contributed by atoms with Crippen LogP contribution in [0, 0.1) is 0 Å². The Hall–Kier alpha value is -3.21. The van der Waals surface area contributed by atoms with Crippen LogP contribution in [0.1, 0.15) is 26.3 Å². The minimum atomic E-state index is -1.10. The number of carbonyl (C=O) groups excluding carboxylic acids is 1. The van der Waals surface area contributed by atoms with E-state index in [2.05, 4.69) is 5.10 Å². The van der Waals surface area contributed by atoms with Crippen molar-refractivity contribution in [3.8, 4) is 11.3 Å². The number of aromatic nitrogens is 2. The normalized spacial score (nSPS) is 11.2. The average molecular weight is 375 g/mol. The maximum atomic E-state index is 13.3. The number of hydrogen-bond acceptors (Lipinski definition) is 3. The molecule has 28 heavy (non-hydrogen) atoms. The molecule has 144 valence electrons. The molecule has 3 aromatic rings. The van der Waals surface area contributed by atoms with Crippen LogP contribution in [0.4, 0.5) is 0 Å². The molecule has 0 aliphatic carbocycles. The molecule has 0 N–H and O–H groups in total. The van der Waals surface area contributed by atoms with Crippen molar-refractivity contribution < 1.29 is 4.79 Å². The third-order valence-corrected chi connectivity index (χ3v) is 4.81. The largest absolute Gasteiger partial charge is 0.337 e. The van der Waals surface area contributed by atoms with Gasteiger partial charge in [0.25, 0.3) is 5.56 Å². The van der Waals surface area contributed by atoms with Crippen LogP contribution in [0.2, 0.25) is 0 Å². The lowest BCUT2D eigenvalue weighted by molar-refractivity contribution is -0.140. The van der Waals surface area contributed by atoms with E-state index in [9.17, 15) is 9.59 Å². The monoisotopic (exact) mass is 375 g/mol. The molecule has 1 amide bonds. The van der Waals surface area contributed by atoms with Crippen LogP contribution < -0.4 is 5.56 Å². The average Bonchev–Trinajstić information content (AvgIpc) is 2.73. The highest BCUT2D eigenvalue weighted by atomic mass is 16.2. The van der Waals surface area contributed by atoms with Crippen molar-refractivity contribution in [1.82, 2.24) is 14.7 Å². The second-order valence-corrected chi connectivity index (χ2v) is 7.20. The molecule has 5 nitrogen and oxygen atoms in total. The van der Waals surface area contributed by atoms with Gasteiger partial charge in [-0.1, -0.05) is 60.7 Å². The number of benzene rings is 2. The lowest BCUT2D eigenvalue weighted by Crippen LogP contribution is -2.51. The van der Waals surface area contributed by atoms with E-state index >= 15 is 0 Å². The number of nitrogens with zero attached hydrogens (tertiary/aromatic N) is 3. The predicted octanol–water partition coefficient (Wildman–Crippen LogP) is 3.69. The first kappa shape index (κ1) is 19.5. The third kappa shape index (κ3) is 4.03. The van der Waals surface area contributed by atoms with Gasteiger partial charge in [0.05, 0.1) is 5.69 Å². The maximum Gasteiger partial charge on any atom is 0.267 e. The second kappa shape index (κ2) is 8.21. The number of carbonyl (C=O) groups is 1. The third-order valence-electron chi connectivity index (χ3n) is 4.81. The molecule has 3 rings (SSSR count). The van der Waals surface area contributed by atoms with E-state index in [1.807, 2.05) is 67.6 Å². The smallest absolute Gasteiger partial charge is 0.267 e. The summed E-state index contributed by atoms with van der Waals surface area (Å²) in [5, 5.41) is 4.52. The van der Waals surface area contributed by atoms with E-state index in [1.165, 1.54) is 10.7 Å². The molecule has 0 saturated heterocycles. The summed E-state index contributed by atoms with van der Waals surface area (Å²) in [6.07, 6.45) is 0. The van der Waals surface area contributed by atoms with Crippen molar-refractivity contribution in [2.75, 3.05) is 6.54 Å². The van der Waals surface area contributed by atoms with Crippen molar-refractivity contribution in [2.24, 2.45) is 0 Å². The number of rotatable bonds is 6. The van der Waals surface area contributed by atoms with Gasteiger partial charge in [0.2, 0.25) is 5.91 Å². The van der Waals surface area contributed by atoms with Gasteiger partial charge in [-0.05, 0) is 32.4 Å². The highest BCUT2D eigenvalue weighted by Gasteiger charge is 2.35. The van der Waals surface area contributed by atoms with Crippen LogP contribution >= 0.6 is 0 Å². The molecule has 0 radical (unpaired) electrons. The van der Waals surface area contributed by atoms with E-state index < -0.39 is 5.54 Å². The molecular formula is C23H25N3O2. The van der Waals surface area contributed by atoms with Gasteiger partial charge in [-0.3, -0.25) is 9.59 Å². The topological polar surface area (TPSA) is 55.2 Å². The van der Waals surface area contributed by atoms with Crippen LogP contribution in [0.25, 0.3) is 11.3 Å². The zero-order valence-corrected chi connectivity index (χ0v) is 16.5. The fraction of sp³-hybridized carbons (Fsp3) is 0.261. The van der Waals surface area contributed by atoms with E-state index in [1.54, 1.807) is 24.8 Å². The van der Waals surface area contributed by atoms with Crippen molar-refractivity contribution in [2.45, 2.75) is 32.9 Å². The lowest BCUT2D eigenvalue weighted by atomic mass is 10.0. The molecular weight excluding hydrogens is 350 g/mol. The first-order valence-electron chi connectivity index (χ1n) is 9.43. The summed E-state index contributed by atoms with van der Waals surface area (Å²) in [7, 11) is 0. The Balaban J connectivity index is 1.94. The molecule has 0 aliphatic heterocycles. The van der Waals surface area contributed by atoms with Gasteiger partial charge < -0.3 is 4.90 Å². The number of amides is 1. The van der Waals surface area contributed by atoms with Gasteiger partial charge in [-0.2, -0.15) is 5.10 Å². The van der Waals surface area contributed by atoms with Gasteiger partial charge in [-0.25, -0.2) is 4.68 Å². The quantitative estimate of drug-likeness (QED) is 0.660. The minimum Gasteiger partial charge on any atom is -0.337 e. The standard InChI is InChI=1S/C23H25N3O2/c1-4-25(17-18-11-7-5-8-12-18)22(28)23(2,3)26-21(27)16-15-20(24-26)19-13-9-6-10-14-19/h5-16H,4,17H2,1-3H3. The molecule has 0 unspecified atom stereocenters. The summed E-state index contributed by atoms with van der Waals surface area (Å²) in [6.45, 7) is 6.46. The van der Waals surface area contributed by atoms with Gasteiger partial charge >= 0.3 is 0 Å². The minimum absolute atomic E-state index is 0.140. The molecule has 0 spiro atoms. The molecule has 0 atom stereocenters. The molecule has 2 aromatic carbocycles. The Morgan fingerprint density at radius 1 is 0.964 bits per heavy atom. The molecule has 0 saturated carbocycles. The van der Waals surface area contributed by atoms with Crippen LogP contribution in [0.5, 0.6) is 0 Å².